The Morgan fingerprint density at radius 2 is 1.95 bits per heavy atom. The Labute approximate surface area is 129 Å². The van der Waals surface area contributed by atoms with Gasteiger partial charge in [-0.1, -0.05) is 13.8 Å². The van der Waals surface area contributed by atoms with E-state index in [-0.39, 0.29) is 11.9 Å². The monoisotopic (exact) mass is 303 g/mol. The van der Waals surface area contributed by atoms with Crippen LogP contribution in [0.4, 0.5) is 0 Å². The van der Waals surface area contributed by atoms with Crippen LogP contribution in [-0.2, 0) is 0 Å². The molecule has 112 valence electrons. The number of rotatable bonds is 5. The molecule has 2 aromatic rings. The highest BCUT2D eigenvalue weighted by Gasteiger charge is 2.20. The van der Waals surface area contributed by atoms with Gasteiger partial charge in [0.15, 0.2) is 0 Å². The first-order valence-electron chi connectivity index (χ1n) is 7.12. The van der Waals surface area contributed by atoms with Crippen molar-refractivity contribution in [1.82, 2.24) is 15.3 Å². The normalized spacial score (nSPS) is 12.4. The Kier molecular flexibility index (Phi) is 5.07. The third-order valence-corrected chi connectivity index (χ3v) is 4.48. The molecule has 1 unspecified atom stereocenters. The van der Waals surface area contributed by atoms with Crippen LogP contribution in [0, 0.1) is 19.8 Å². The summed E-state index contributed by atoms with van der Waals surface area (Å²) < 4.78 is 0. The molecule has 0 aromatic carbocycles. The molecule has 0 saturated heterocycles. The van der Waals surface area contributed by atoms with Crippen LogP contribution in [0.3, 0.4) is 0 Å². The van der Waals surface area contributed by atoms with Gasteiger partial charge in [-0.15, -0.1) is 11.3 Å². The molecule has 2 heterocycles. The molecule has 0 radical (unpaired) electrons. The van der Waals surface area contributed by atoms with Crippen molar-refractivity contribution < 1.29 is 4.79 Å². The van der Waals surface area contributed by atoms with Crippen LogP contribution in [0.25, 0.3) is 0 Å². The maximum atomic E-state index is 12.3. The van der Waals surface area contributed by atoms with E-state index < -0.39 is 0 Å². The van der Waals surface area contributed by atoms with Gasteiger partial charge in [0.25, 0.3) is 5.91 Å². The van der Waals surface area contributed by atoms with Crippen LogP contribution in [0.1, 0.15) is 52.2 Å². The molecule has 0 bridgehead atoms. The molecule has 1 atom stereocenters. The van der Waals surface area contributed by atoms with E-state index >= 15 is 0 Å². The summed E-state index contributed by atoms with van der Waals surface area (Å²) in [6, 6.07) is 3.41. The van der Waals surface area contributed by atoms with Crippen LogP contribution < -0.4 is 5.32 Å². The highest BCUT2D eigenvalue weighted by atomic mass is 32.1. The fourth-order valence-electron chi connectivity index (χ4n) is 2.08. The molecule has 0 saturated carbocycles. The molecule has 4 nitrogen and oxygen atoms in total. The molecule has 0 fully saturated rings. The number of thiazole rings is 1. The van der Waals surface area contributed by atoms with Gasteiger partial charge in [0.2, 0.25) is 0 Å². The lowest BCUT2D eigenvalue weighted by atomic mass is 10.0. The number of nitrogens with zero attached hydrogens (tertiary/aromatic N) is 2. The average molecular weight is 303 g/mol. The first-order chi connectivity index (χ1) is 9.97. The maximum absolute atomic E-state index is 12.3. The summed E-state index contributed by atoms with van der Waals surface area (Å²) in [5.41, 5.74) is 1.67. The molecule has 2 aromatic heterocycles. The Bertz CT molecular complexity index is 588. The van der Waals surface area contributed by atoms with E-state index in [0.29, 0.717) is 11.5 Å². The number of carbonyl (C=O) groups excluding carboxylic acids is 1. The topological polar surface area (TPSA) is 54.9 Å². The summed E-state index contributed by atoms with van der Waals surface area (Å²) in [5.74, 6) is 0.408. The zero-order chi connectivity index (χ0) is 15.4. The number of pyridine rings is 1. The van der Waals surface area contributed by atoms with E-state index in [1.807, 2.05) is 6.92 Å². The average Bonchev–Trinajstić information content (AvgIpc) is 2.78. The molecule has 0 spiro atoms. The number of amides is 1. The van der Waals surface area contributed by atoms with Crippen molar-refractivity contribution in [2.75, 3.05) is 0 Å². The second-order valence-electron chi connectivity index (χ2n) is 5.59. The summed E-state index contributed by atoms with van der Waals surface area (Å²) in [7, 11) is 0. The third-order valence-electron chi connectivity index (χ3n) is 3.30. The zero-order valence-corrected chi connectivity index (χ0v) is 13.7. The Morgan fingerprint density at radius 1 is 1.29 bits per heavy atom. The van der Waals surface area contributed by atoms with E-state index in [1.54, 1.807) is 35.9 Å². The Balaban J connectivity index is 2.19. The van der Waals surface area contributed by atoms with Gasteiger partial charge in [-0.05, 0) is 38.3 Å². The van der Waals surface area contributed by atoms with Gasteiger partial charge < -0.3 is 5.32 Å². The van der Waals surface area contributed by atoms with Gasteiger partial charge in [-0.2, -0.15) is 0 Å². The number of hydrogen-bond donors (Lipinski definition) is 1. The number of hydrogen-bond acceptors (Lipinski definition) is 4. The van der Waals surface area contributed by atoms with Crippen molar-refractivity contribution in [2.45, 2.75) is 40.2 Å². The van der Waals surface area contributed by atoms with Crippen LogP contribution in [-0.4, -0.2) is 15.9 Å². The molecule has 21 heavy (non-hydrogen) atoms. The minimum absolute atomic E-state index is 0.0388. The molecule has 0 aliphatic carbocycles. The highest BCUT2D eigenvalue weighted by Crippen LogP contribution is 2.27. The lowest BCUT2D eigenvalue weighted by molar-refractivity contribution is 0.0931. The van der Waals surface area contributed by atoms with Gasteiger partial charge in [0.1, 0.15) is 5.01 Å². The van der Waals surface area contributed by atoms with Crippen molar-refractivity contribution in [2.24, 2.45) is 5.92 Å². The van der Waals surface area contributed by atoms with Gasteiger partial charge in [-0.3, -0.25) is 9.78 Å². The SMILES string of the molecule is Cc1nc(C(CC(C)C)NC(=O)c2ccncc2)sc1C. The summed E-state index contributed by atoms with van der Waals surface area (Å²) in [6.07, 6.45) is 4.14. The molecular weight excluding hydrogens is 282 g/mol. The van der Waals surface area contributed by atoms with Crippen molar-refractivity contribution in [1.29, 1.82) is 0 Å². The van der Waals surface area contributed by atoms with Gasteiger partial charge in [-0.25, -0.2) is 4.98 Å². The minimum atomic E-state index is -0.0754. The fraction of sp³-hybridized carbons (Fsp3) is 0.438. The largest absolute Gasteiger partial charge is 0.343 e. The number of aromatic nitrogens is 2. The third kappa shape index (κ3) is 4.11. The first-order valence-corrected chi connectivity index (χ1v) is 7.94. The minimum Gasteiger partial charge on any atom is -0.343 e. The quantitative estimate of drug-likeness (QED) is 0.917. The first kappa shape index (κ1) is 15.6. The summed E-state index contributed by atoms with van der Waals surface area (Å²) in [6.45, 7) is 8.37. The predicted molar refractivity (Wildman–Crippen MR) is 85.5 cm³/mol. The number of carbonyl (C=O) groups is 1. The number of nitrogens with one attached hydrogen (secondary N) is 1. The Hall–Kier alpha value is -1.75. The molecule has 5 heteroatoms. The highest BCUT2D eigenvalue weighted by molar-refractivity contribution is 7.11. The molecular formula is C16H21N3OS. The van der Waals surface area contributed by atoms with Crippen molar-refractivity contribution in [3.8, 4) is 0 Å². The van der Waals surface area contributed by atoms with Crippen LogP contribution in [0.2, 0.25) is 0 Å². The van der Waals surface area contributed by atoms with Crippen molar-refractivity contribution in [3.63, 3.8) is 0 Å². The van der Waals surface area contributed by atoms with Gasteiger partial charge in [0.05, 0.1) is 11.7 Å². The maximum Gasteiger partial charge on any atom is 0.251 e. The van der Waals surface area contributed by atoms with Crippen LogP contribution in [0.5, 0.6) is 0 Å². The summed E-state index contributed by atoms with van der Waals surface area (Å²) >= 11 is 1.66. The second kappa shape index (κ2) is 6.80. The number of aryl methyl sites for hydroxylation is 2. The molecule has 2 rings (SSSR count). The van der Waals surface area contributed by atoms with E-state index in [9.17, 15) is 4.79 Å². The molecule has 1 N–H and O–H groups in total. The fourth-order valence-corrected chi connectivity index (χ4v) is 3.07. The van der Waals surface area contributed by atoms with E-state index in [4.69, 9.17) is 0 Å². The zero-order valence-electron chi connectivity index (χ0n) is 12.9. The van der Waals surface area contributed by atoms with E-state index in [1.165, 1.54) is 4.88 Å². The van der Waals surface area contributed by atoms with E-state index in [0.717, 1.165) is 17.1 Å². The summed E-state index contributed by atoms with van der Waals surface area (Å²) in [5, 5.41) is 4.09. The lowest BCUT2D eigenvalue weighted by Crippen LogP contribution is -2.29. The van der Waals surface area contributed by atoms with Gasteiger partial charge >= 0.3 is 0 Å². The molecule has 0 aliphatic rings. The molecule has 0 aliphatic heterocycles. The Morgan fingerprint density at radius 3 is 2.48 bits per heavy atom. The second-order valence-corrected chi connectivity index (χ2v) is 6.82. The predicted octanol–water partition coefficient (Wildman–Crippen LogP) is 3.67. The lowest BCUT2D eigenvalue weighted by Gasteiger charge is -2.18. The van der Waals surface area contributed by atoms with E-state index in [2.05, 4.69) is 36.1 Å². The summed E-state index contributed by atoms with van der Waals surface area (Å²) in [4.78, 5) is 22.1. The van der Waals surface area contributed by atoms with Crippen molar-refractivity contribution in [3.05, 3.63) is 45.7 Å². The van der Waals surface area contributed by atoms with Crippen molar-refractivity contribution >= 4 is 17.2 Å². The van der Waals surface area contributed by atoms with Gasteiger partial charge in [0, 0.05) is 22.8 Å². The smallest absolute Gasteiger partial charge is 0.251 e. The van der Waals surface area contributed by atoms with Crippen LogP contribution in [0.15, 0.2) is 24.5 Å². The molecule has 1 amide bonds. The standard InChI is InChI=1S/C16H21N3OS/c1-10(2)9-14(16-18-11(3)12(4)21-16)19-15(20)13-5-7-17-8-6-13/h5-8,10,14H,9H2,1-4H3,(H,19,20). The van der Waals surface area contributed by atoms with Crippen LogP contribution >= 0.6 is 11.3 Å².